The van der Waals surface area contributed by atoms with Crippen LogP contribution < -0.4 is 5.73 Å². The van der Waals surface area contributed by atoms with Gasteiger partial charge in [0, 0.05) is 12.2 Å². The topological polar surface area (TPSA) is 35.2 Å². The van der Waals surface area contributed by atoms with Gasteiger partial charge in [-0.2, -0.15) is 0 Å². The Hall–Kier alpha value is -1.09. The summed E-state index contributed by atoms with van der Waals surface area (Å²) in [5.74, 6) is 0.514. The largest absolute Gasteiger partial charge is 0.396 e. The highest BCUT2D eigenvalue weighted by atomic mass is 19.1. The van der Waals surface area contributed by atoms with Crippen molar-refractivity contribution in [2.45, 2.75) is 25.9 Å². The first-order valence-corrected chi connectivity index (χ1v) is 5.38. The lowest BCUT2D eigenvalue weighted by Crippen LogP contribution is -2.01. The standard InChI is InChI=1S/C12H16FNO/c13-12-10(2-1-3-11(12)14)8-15-7-6-9-4-5-9/h1-3,9H,4-8,14H2. The highest BCUT2D eigenvalue weighted by molar-refractivity contribution is 5.42. The van der Waals surface area contributed by atoms with E-state index in [1.165, 1.54) is 12.8 Å². The Balaban J connectivity index is 1.78. The van der Waals surface area contributed by atoms with Gasteiger partial charge in [-0.3, -0.25) is 0 Å². The summed E-state index contributed by atoms with van der Waals surface area (Å²) in [6.07, 6.45) is 3.76. The molecule has 3 heteroatoms. The molecule has 0 saturated heterocycles. The maximum atomic E-state index is 13.4. The number of hydrogen-bond donors (Lipinski definition) is 1. The van der Waals surface area contributed by atoms with Crippen molar-refractivity contribution in [1.29, 1.82) is 0 Å². The lowest BCUT2D eigenvalue weighted by atomic mass is 10.2. The average molecular weight is 209 g/mol. The van der Waals surface area contributed by atoms with E-state index in [4.69, 9.17) is 10.5 Å². The predicted octanol–water partition coefficient (Wildman–Crippen LogP) is 2.72. The van der Waals surface area contributed by atoms with Crippen LogP contribution in [0.15, 0.2) is 18.2 Å². The van der Waals surface area contributed by atoms with Crippen molar-refractivity contribution in [1.82, 2.24) is 0 Å². The van der Waals surface area contributed by atoms with Crippen LogP contribution in [0.5, 0.6) is 0 Å². The highest BCUT2D eigenvalue weighted by Gasteiger charge is 2.20. The zero-order valence-electron chi connectivity index (χ0n) is 8.71. The van der Waals surface area contributed by atoms with Crippen LogP contribution in [0.2, 0.25) is 0 Å². The van der Waals surface area contributed by atoms with E-state index in [0.29, 0.717) is 12.2 Å². The van der Waals surface area contributed by atoms with Crippen LogP contribution in [0.4, 0.5) is 10.1 Å². The minimum absolute atomic E-state index is 0.193. The van der Waals surface area contributed by atoms with Gasteiger partial charge < -0.3 is 10.5 Å². The molecule has 2 rings (SSSR count). The van der Waals surface area contributed by atoms with Gasteiger partial charge in [-0.25, -0.2) is 4.39 Å². The van der Waals surface area contributed by atoms with Crippen molar-refractivity contribution < 1.29 is 9.13 Å². The van der Waals surface area contributed by atoms with E-state index in [1.54, 1.807) is 18.2 Å². The predicted molar refractivity (Wildman–Crippen MR) is 57.8 cm³/mol. The Morgan fingerprint density at radius 3 is 2.93 bits per heavy atom. The molecule has 0 amide bonds. The van der Waals surface area contributed by atoms with Crippen LogP contribution in [0.3, 0.4) is 0 Å². The Kier molecular flexibility index (Phi) is 3.21. The van der Waals surface area contributed by atoms with Crippen molar-refractivity contribution in [2.24, 2.45) is 5.92 Å². The molecule has 82 valence electrons. The van der Waals surface area contributed by atoms with Gasteiger partial charge in [0.05, 0.1) is 12.3 Å². The van der Waals surface area contributed by atoms with Crippen LogP contribution in [0.25, 0.3) is 0 Å². The number of ether oxygens (including phenoxy) is 1. The van der Waals surface area contributed by atoms with Crippen LogP contribution in [0, 0.1) is 11.7 Å². The van der Waals surface area contributed by atoms with Gasteiger partial charge in [0.25, 0.3) is 0 Å². The summed E-state index contributed by atoms with van der Waals surface area (Å²) in [5, 5.41) is 0. The molecule has 15 heavy (non-hydrogen) atoms. The van der Waals surface area contributed by atoms with E-state index in [1.807, 2.05) is 0 Å². The van der Waals surface area contributed by atoms with Crippen LogP contribution in [-0.4, -0.2) is 6.61 Å². The normalized spacial score (nSPS) is 15.5. The molecule has 0 bridgehead atoms. The third kappa shape index (κ3) is 2.93. The maximum absolute atomic E-state index is 13.4. The minimum Gasteiger partial charge on any atom is -0.396 e. The number of hydrogen-bond acceptors (Lipinski definition) is 2. The molecule has 1 aliphatic carbocycles. The van der Waals surface area contributed by atoms with Crippen molar-refractivity contribution in [2.75, 3.05) is 12.3 Å². The Morgan fingerprint density at radius 2 is 2.20 bits per heavy atom. The molecule has 1 fully saturated rings. The van der Waals surface area contributed by atoms with E-state index in [2.05, 4.69) is 0 Å². The first-order valence-electron chi connectivity index (χ1n) is 5.38. The van der Waals surface area contributed by atoms with Gasteiger partial charge in [-0.1, -0.05) is 25.0 Å². The fraction of sp³-hybridized carbons (Fsp3) is 0.500. The molecule has 0 radical (unpaired) electrons. The van der Waals surface area contributed by atoms with Crippen LogP contribution in [-0.2, 0) is 11.3 Å². The zero-order chi connectivity index (χ0) is 10.7. The summed E-state index contributed by atoms with van der Waals surface area (Å²) in [6, 6.07) is 5.02. The van der Waals surface area contributed by atoms with Gasteiger partial charge >= 0.3 is 0 Å². The SMILES string of the molecule is Nc1cccc(COCCC2CC2)c1F. The molecule has 0 aliphatic heterocycles. The Morgan fingerprint density at radius 1 is 1.40 bits per heavy atom. The fourth-order valence-corrected chi connectivity index (χ4v) is 1.55. The summed E-state index contributed by atoms with van der Waals surface area (Å²) < 4.78 is 18.8. The molecule has 2 N–H and O–H groups in total. The van der Waals surface area contributed by atoms with Crippen molar-refractivity contribution in [3.05, 3.63) is 29.6 Å². The second-order valence-corrected chi connectivity index (χ2v) is 4.10. The minimum atomic E-state index is -0.344. The van der Waals surface area contributed by atoms with Gasteiger partial charge in [0.15, 0.2) is 5.82 Å². The average Bonchev–Trinajstić information content (AvgIpc) is 3.02. The molecule has 1 aliphatic rings. The number of halogens is 1. The van der Waals surface area contributed by atoms with E-state index >= 15 is 0 Å². The molecule has 0 unspecified atom stereocenters. The molecule has 1 aromatic carbocycles. The Labute approximate surface area is 89.2 Å². The van der Waals surface area contributed by atoms with E-state index in [0.717, 1.165) is 18.9 Å². The van der Waals surface area contributed by atoms with Crippen molar-refractivity contribution in [3.63, 3.8) is 0 Å². The summed E-state index contributed by atoms with van der Waals surface area (Å²) in [5.41, 5.74) is 6.19. The summed E-state index contributed by atoms with van der Waals surface area (Å²) in [6.45, 7) is 1.04. The van der Waals surface area contributed by atoms with Gasteiger partial charge in [-0.15, -0.1) is 0 Å². The fourth-order valence-electron chi connectivity index (χ4n) is 1.55. The van der Waals surface area contributed by atoms with Gasteiger partial charge in [-0.05, 0) is 18.4 Å². The van der Waals surface area contributed by atoms with Gasteiger partial charge in [0.1, 0.15) is 0 Å². The van der Waals surface area contributed by atoms with Gasteiger partial charge in [0.2, 0.25) is 0 Å². The lowest BCUT2D eigenvalue weighted by Gasteiger charge is -2.06. The second-order valence-electron chi connectivity index (χ2n) is 4.10. The number of nitrogens with two attached hydrogens (primary N) is 1. The van der Waals surface area contributed by atoms with Crippen molar-refractivity contribution >= 4 is 5.69 Å². The van der Waals surface area contributed by atoms with Crippen LogP contribution in [0.1, 0.15) is 24.8 Å². The third-order valence-corrected chi connectivity index (χ3v) is 2.73. The quantitative estimate of drug-likeness (QED) is 0.597. The molecule has 0 aromatic heterocycles. The number of anilines is 1. The molecule has 1 aromatic rings. The van der Waals surface area contributed by atoms with Crippen LogP contribution >= 0.6 is 0 Å². The second kappa shape index (κ2) is 4.62. The number of nitrogen functional groups attached to an aromatic ring is 1. The monoisotopic (exact) mass is 209 g/mol. The third-order valence-electron chi connectivity index (χ3n) is 2.73. The maximum Gasteiger partial charge on any atom is 0.151 e. The van der Waals surface area contributed by atoms with Crippen molar-refractivity contribution in [3.8, 4) is 0 Å². The molecule has 1 saturated carbocycles. The molecule has 0 atom stereocenters. The first-order chi connectivity index (χ1) is 7.27. The molecule has 0 heterocycles. The molecule has 0 spiro atoms. The summed E-state index contributed by atoms with van der Waals surface area (Å²) in [7, 11) is 0. The van der Waals surface area contributed by atoms with E-state index in [9.17, 15) is 4.39 Å². The number of benzene rings is 1. The lowest BCUT2D eigenvalue weighted by molar-refractivity contribution is 0.113. The molecular formula is C12H16FNO. The molecule has 2 nitrogen and oxygen atoms in total. The van der Waals surface area contributed by atoms with E-state index < -0.39 is 0 Å². The number of rotatable bonds is 5. The molecular weight excluding hydrogens is 193 g/mol. The summed E-state index contributed by atoms with van der Waals surface area (Å²) >= 11 is 0. The van der Waals surface area contributed by atoms with E-state index in [-0.39, 0.29) is 11.5 Å². The first kappa shape index (κ1) is 10.4. The summed E-state index contributed by atoms with van der Waals surface area (Å²) in [4.78, 5) is 0. The smallest absolute Gasteiger partial charge is 0.151 e. The Bertz CT molecular complexity index is 336. The highest BCUT2D eigenvalue weighted by Crippen LogP contribution is 2.32. The zero-order valence-corrected chi connectivity index (χ0v) is 8.71.